The summed E-state index contributed by atoms with van der Waals surface area (Å²) in [4.78, 5) is 25.9. The molecule has 2 heterocycles. The van der Waals surface area contributed by atoms with Crippen LogP contribution in [0.25, 0.3) is 0 Å². The number of imide groups is 1. The smallest absolute Gasteiger partial charge is 0.325 e. The lowest BCUT2D eigenvalue weighted by atomic mass is 9.90. The Morgan fingerprint density at radius 3 is 2.53 bits per heavy atom. The Labute approximate surface area is 111 Å². The van der Waals surface area contributed by atoms with Crippen LogP contribution in [0, 0.1) is 16.7 Å². The Bertz CT molecular complexity index is 458. The van der Waals surface area contributed by atoms with Gasteiger partial charge < -0.3 is 10.1 Å². The summed E-state index contributed by atoms with van der Waals surface area (Å²) in [6.07, 6.45) is 3.35. The second-order valence-corrected chi connectivity index (χ2v) is 5.85. The maximum Gasteiger partial charge on any atom is 0.325 e. The number of ether oxygens (including phenoxy) is 1. The molecule has 0 radical (unpaired) electrons. The molecule has 3 aliphatic rings. The van der Waals surface area contributed by atoms with Crippen LogP contribution < -0.4 is 5.32 Å². The minimum atomic E-state index is -0.752. The molecule has 3 fully saturated rings. The van der Waals surface area contributed by atoms with Crippen molar-refractivity contribution >= 4 is 11.9 Å². The van der Waals surface area contributed by atoms with Gasteiger partial charge in [0.15, 0.2) is 0 Å². The largest absolute Gasteiger partial charge is 0.381 e. The minimum Gasteiger partial charge on any atom is -0.381 e. The molecule has 3 amide bonds. The van der Waals surface area contributed by atoms with E-state index in [9.17, 15) is 9.59 Å². The van der Waals surface area contributed by atoms with Crippen molar-refractivity contribution in [3.63, 3.8) is 0 Å². The minimum absolute atomic E-state index is 0.134. The van der Waals surface area contributed by atoms with Gasteiger partial charge in [0, 0.05) is 44.4 Å². The van der Waals surface area contributed by atoms with Gasteiger partial charge in [0.05, 0.1) is 6.07 Å². The van der Waals surface area contributed by atoms with Crippen LogP contribution >= 0.6 is 0 Å². The molecule has 6 nitrogen and oxygen atoms in total. The monoisotopic (exact) mass is 263 g/mol. The zero-order chi connectivity index (χ0) is 13.5. The number of nitriles is 1. The van der Waals surface area contributed by atoms with Crippen molar-refractivity contribution in [3.8, 4) is 6.07 Å². The van der Waals surface area contributed by atoms with Gasteiger partial charge in [-0.15, -0.1) is 0 Å². The van der Waals surface area contributed by atoms with Crippen LogP contribution in [0.1, 0.15) is 32.1 Å². The topological polar surface area (TPSA) is 82.4 Å². The predicted octanol–water partition coefficient (Wildman–Crippen LogP) is 0.781. The summed E-state index contributed by atoms with van der Waals surface area (Å²) < 4.78 is 5.26. The maximum atomic E-state index is 12.5. The molecule has 0 aromatic carbocycles. The van der Waals surface area contributed by atoms with Crippen LogP contribution in [-0.2, 0) is 9.53 Å². The lowest BCUT2D eigenvalue weighted by Gasteiger charge is -2.30. The Morgan fingerprint density at radius 1 is 1.26 bits per heavy atom. The normalized spacial score (nSPS) is 27.2. The number of amides is 3. The van der Waals surface area contributed by atoms with E-state index in [2.05, 4.69) is 11.4 Å². The average molecular weight is 263 g/mol. The standard InChI is InChI=1S/C13H17N3O3/c14-6-3-12(1-2-12)9-16-10(17)13(15-11(16)18)4-7-19-8-5-13/h1-5,7-9H2,(H,15,18). The second-order valence-electron chi connectivity index (χ2n) is 5.85. The summed E-state index contributed by atoms with van der Waals surface area (Å²) in [7, 11) is 0. The molecule has 1 aliphatic carbocycles. The van der Waals surface area contributed by atoms with E-state index < -0.39 is 5.54 Å². The van der Waals surface area contributed by atoms with E-state index in [0.717, 1.165) is 12.8 Å². The van der Waals surface area contributed by atoms with E-state index >= 15 is 0 Å². The number of rotatable bonds is 3. The second kappa shape index (κ2) is 4.20. The summed E-state index contributed by atoms with van der Waals surface area (Å²) in [6, 6.07) is 1.85. The third-order valence-electron chi connectivity index (χ3n) is 4.50. The predicted molar refractivity (Wildman–Crippen MR) is 64.9 cm³/mol. The van der Waals surface area contributed by atoms with Crippen molar-refractivity contribution in [2.24, 2.45) is 5.41 Å². The summed E-state index contributed by atoms with van der Waals surface area (Å²) >= 11 is 0. The van der Waals surface area contributed by atoms with Crippen molar-refractivity contribution in [1.29, 1.82) is 5.26 Å². The van der Waals surface area contributed by atoms with Gasteiger partial charge in [-0.25, -0.2) is 4.79 Å². The highest BCUT2D eigenvalue weighted by Crippen LogP contribution is 2.49. The van der Waals surface area contributed by atoms with Gasteiger partial charge in [-0.1, -0.05) is 0 Å². The summed E-state index contributed by atoms with van der Waals surface area (Å²) in [5, 5.41) is 11.7. The molecule has 0 aromatic rings. The fourth-order valence-corrected chi connectivity index (χ4v) is 2.95. The highest BCUT2D eigenvalue weighted by atomic mass is 16.5. The molecule has 1 saturated carbocycles. The lowest BCUT2D eigenvalue weighted by Crippen LogP contribution is -2.51. The molecule has 1 spiro atoms. The Morgan fingerprint density at radius 2 is 1.95 bits per heavy atom. The molecular weight excluding hydrogens is 246 g/mol. The third kappa shape index (κ3) is 1.98. The average Bonchev–Trinajstić information content (AvgIpc) is 3.12. The van der Waals surface area contributed by atoms with Gasteiger partial charge in [-0.3, -0.25) is 9.69 Å². The zero-order valence-electron chi connectivity index (χ0n) is 10.8. The van der Waals surface area contributed by atoms with Crippen LogP contribution in [-0.4, -0.2) is 42.1 Å². The van der Waals surface area contributed by atoms with Crippen molar-refractivity contribution in [3.05, 3.63) is 0 Å². The fraction of sp³-hybridized carbons (Fsp3) is 0.769. The molecule has 1 N–H and O–H groups in total. The van der Waals surface area contributed by atoms with Crippen LogP contribution in [0.5, 0.6) is 0 Å². The van der Waals surface area contributed by atoms with Crippen molar-refractivity contribution in [2.45, 2.75) is 37.6 Å². The van der Waals surface area contributed by atoms with E-state index in [1.54, 1.807) is 0 Å². The Kier molecular flexibility index (Phi) is 2.75. The molecule has 0 unspecified atom stereocenters. The third-order valence-corrected chi connectivity index (χ3v) is 4.50. The zero-order valence-corrected chi connectivity index (χ0v) is 10.8. The summed E-state index contributed by atoms with van der Waals surface area (Å²) in [6.45, 7) is 1.39. The molecule has 0 aromatic heterocycles. The molecule has 0 atom stereocenters. The maximum absolute atomic E-state index is 12.5. The summed E-state index contributed by atoms with van der Waals surface area (Å²) in [5.74, 6) is -0.134. The number of carbonyl (C=O) groups is 2. The van der Waals surface area contributed by atoms with Gasteiger partial charge in [0.25, 0.3) is 5.91 Å². The first-order valence-electron chi connectivity index (χ1n) is 6.70. The van der Waals surface area contributed by atoms with Gasteiger partial charge in [0.2, 0.25) is 0 Å². The highest BCUT2D eigenvalue weighted by molar-refractivity contribution is 6.07. The first kappa shape index (κ1) is 12.4. The van der Waals surface area contributed by atoms with Crippen molar-refractivity contribution in [2.75, 3.05) is 19.8 Å². The van der Waals surface area contributed by atoms with E-state index in [4.69, 9.17) is 10.00 Å². The quantitative estimate of drug-likeness (QED) is 0.763. The molecule has 102 valence electrons. The van der Waals surface area contributed by atoms with Gasteiger partial charge >= 0.3 is 6.03 Å². The first-order chi connectivity index (χ1) is 9.11. The molecule has 2 saturated heterocycles. The van der Waals surface area contributed by atoms with Crippen LogP contribution in [0.2, 0.25) is 0 Å². The summed E-state index contributed by atoms with van der Waals surface area (Å²) in [5.41, 5.74) is -0.892. The molecule has 0 bridgehead atoms. The van der Waals surface area contributed by atoms with Crippen LogP contribution in [0.4, 0.5) is 4.79 Å². The van der Waals surface area contributed by atoms with Crippen LogP contribution in [0.3, 0.4) is 0 Å². The SMILES string of the molecule is N#CCC1(CN2C(=O)NC3(CCOCC3)C2=O)CC1. The Balaban J connectivity index is 1.75. The van der Waals surface area contributed by atoms with Gasteiger partial charge in [0.1, 0.15) is 5.54 Å². The number of hydrogen-bond acceptors (Lipinski definition) is 4. The number of carbonyl (C=O) groups excluding carboxylic acids is 2. The van der Waals surface area contributed by atoms with Gasteiger partial charge in [-0.2, -0.15) is 5.26 Å². The number of urea groups is 1. The molecular formula is C13H17N3O3. The van der Waals surface area contributed by atoms with Crippen LogP contribution in [0.15, 0.2) is 0 Å². The Hall–Kier alpha value is -1.61. The molecule has 3 rings (SSSR count). The van der Waals surface area contributed by atoms with E-state index in [0.29, 0.717) is 39.0 Å². The lowest BCUT2D eigenvalue weighted by molar-refractivity contribution is -0.135. The molecule has 2 aliphatic heterocycles. The van der Waals surface area contributed by atoms with Gasteiger partial charge in [-0.05, 0) is 12.8 Å². The molecule has 6 heteroatoms. The number of nitrogens with zero attached hydrogens (tertiary/aromatic N) is 2. The number of nitrogens with one attached hydrogen (secondary N) is 1. The van der Waals surface area contributed by atoms with Crippen molar-refractivity contribution < 1.29 is 14.3 Å². The fourth-order valence-electron chi connectivity index (χ4n) is 2.95. The number of hydrogen-bond donors (Lipinski definition) is 1. The van der Waals surface area contributed by atoms with Crippen molar-refractivity contribution in [1.82, 2.24) is 10.2 Å². The van der Waals surface area contributed by atoms with E-state index in [1.807, 2.05) is 0 Å². The highest BCUT2D eigenvalue weighted by Gasteiger charge is 2.55. The molecule has 19 heavy (non-hydrogen) atoms. The first-order valence-corrected chi connectivity index (χ1v) is 6.70. The van der Waals surface area contributed by atoms with E-state index in [-0.39, 0.29) is 17.4 Å². The van der Waals surface area contributed by atoms with E-state index in [1.165, 1.54) is 4.90 Å².